The van der Waals surface area contributed by atoms with E-state index in [9.17, 15) is 10.1 Å². The van der Waals surface area contributed by atoms with Crippen LogP contribution in [0.3, 0.4) is 0 Å². The van der Waals surface area contributed by atoms with Crippen molar-refractivity contribution in [3.63, 3.8) is 0 Å². The van der Waals surface area contributed by atoms with E-state index >= 15 is 0 Å². The van der Waals surface area contributed by atoms with Crippen LogP contribution in [-0.2, 0) is 14.3 Å². The van der Waals surface area contributed by atoms with E-state index in [1.165, 1.54) is 0 Å². The van der Waals surface area contributed by atoms with Crippen molar-refractivity contribution in [2.24, 2.45) is 22.2 Å². The summed E-state index contributed by atoms with van der Waals surface area (Å²) >= 11 is 4.14. The molecule has 1 heterocycles. The molecule has 1 aliphatic heterocycles. The number of hydrogen-bond acceptors (Lipinski definition) is 5. The Morgan fingerprint density at radius 3 is 2.52 bits per heavy atom. The molecule has 0 amide bonds. The van der Waals surface area contributed by atoms with Gasteiger partial charge in [-0.05, 0) is 53.6 Å². The zero-order chi connectivity index (χ0) is 19.5. The fraction of sp³-hybridized carbons (Fsp3) is 0.636. The minimum absolute atomic E-state index is 0.186. The van der Waals surface area contributed by atoms with Crippen LogP contribution in [0.1, 0.15) is 46.5 Å². The van der Waals surface area contributed by atoms with Crippen molar-refractivity contribution in [2.75, 3.05) is 13.2 Å². The monoisotopic (exact) mass is 383 g/mol. The summed E-state index contributed by atoms with van der Waals surface area (Å²) in [6, 6.07) is 2.04. The predicted octanol–water partition coefficient (Wildman–Crippen LogP) is 3.80. The molecule has 0 aromatic heterocycles. The van der Waals surface area contributed by atoms with Gasteiger partial charge in [0.15, 0.2) is 11.6 Å². The molecule has 1 spiro atoms. The maximum absolute atomic E-state index is 12.6. The zero-order valence-corrected chi connectivity index (χ0v) is 17.0. The number of thiol groups is 1. The standard InChI is InChI=1S/C22H25NO3S/c1-19(2)17-4-5-21(8-11-27)13-15(14-23)16(24)12-18(21)20(17,3)6-7-22(19)25-9-10-26-22/h12-13,17,27H,4-7,9-10H2,1-3H3/t17-,20-,21+/m0/s1. The highest BCUT2D eigenvalue weighted by atomic mass is 32.1. The molecule has 142 valence electrons. The molecule has 0 unspecified atom stereocenters. The van der Waals surface area contributed by atoms with Crippen LogP contribution in [-0.4, -0.2) is 24.8 Å². The second kappa shape index (κ2) is 5.98. The first-order chi connectivity index (χ1) is 12.7. The lowest BCUT2D eigenvalue weighted by molar-refractivity contribution is -0.283. The van der Waals surface area contributed by atoms with Gasteiger partial charge in [0.05, 0.1) is 24.2 Å². The van der Waals surface area contributed by atoms with Crippen LogP contribution in [0, 0.1) is 44.7 Å². The van der Waals surface area contributed by atoms with Gasteiger partial charge in [-0.1, -0.05) is 39.3 Å². The van der Waals surface area contributed by atoms with Gasteiger partial charge < -0.3 is 9.47 Å². The summed E-state index contributed by atoms with van der Waals surface area (Å²) in [5, 5.41) is 12.1. The van der Waals surface area contributed by atoms with Crippen molar-refractivity contribution < 1.29 is 14.3 Å². The molecular formula is C22H25NO3S. The first-order valence-electron chi connectivity index (χ1n) is 9.59. The topological polar surface area (TPSA) is 59.3 Å². The quantitative estimate of drug-likeness (QED) is 0.511. The largest absolute Gasteiger partial charge is 0.347 e. The number of ketones is 1. The first-order valence-corrected chi connectivity index (χ1v) is 10.0. The van der Waals surface area contributed by atoms with Crippen LogP contribution in [0.4, 0.5) is 0 Å². The summed E-state index contributed by atoms with van der Waals surface area (Å²) in [5.74, 6) is 2.78. The number of hydrogen-bond donors (Lipinski definition) is 1. The highest BCUT2D eigenvalue weighted by Crippen LogP contribution is 2.68. The third-order valence-electron chi connectivity index (χ3n) is 7.60. The van der Waals surface area contributed by atoms with Crippen molar-refractivity contribution in [2.45, 2.75) is 52.2 Å². The molecule has 1 saturated heterocycles. The predicted molar refractivity (Wildman–Crippen MR) is 104 cm³/mol. The van der Waals surface area contributed by atoms with Crippen LogP contribution in [0.15, 0.2) is 23.3 Å². The summed E-state index contributed by atoms with van der Waals surface area (Å²) in [5.41, 5.74) is 0.251. The van der Waals surface area contributed by atoms with Gasteiger partial charge in [-0.3, -0.25) is 4.79 Å². The Morgan fingerprint density at radius 2 is 1.89 bits per heavy atom. The summed E-state index contributed by atoms with van der Waals surface area (Å²) in [7, 11) is 0. The smallest absolute Gasteiger partial charge is 0.196 e. The molecule has 0 aromatic rings. The molecule has 3 fully saturated rings. The van der Waals surface area contributed by atoms with Gasteiger partial charge in [-0.2, -0.15) is 5.26 Å². The maximum Gasteiger partial charge on any atom is 0.196 e. The molecule has 0 radical (unpaired) electrons. The maximum atomic E-state index is 12.6. The van der Waals surface area contributed by atoms with E-state index in [4.69, 9.17) is 9.47 Å². The highest BCUT2D eigenvalue weighted by molar-refractivity contribution is 7.85. The molecule has 3 atom stereocenters. The Labute approximate surface area is 166 Å². The van der Waals surface area contributed by atoms with Crippen molar-refractivity contribution in [3.8, 4) is 17.2 Å². The van der Waals surface area contributed by atoms with Crippen LogP contribution in [0.25, 0.3) is 0 Å². The van der Waals surface area contributed by atoms with E-state index in [1.54, 1.807) is 12.2 Å². The molecule has 5 heteroatoms. The zero-order valence-electron chi connectivity index (χ0n) is 16.1. The molecule has 4 nitrogen and oxygen atoms in total. The molecule has 4 rings (SSSR count). The van der Waals surface area contributed by atoms with E-state index in [1.807, 2.05) is 6.07 Å². The molecular weight excluding hydrogens is 358 g/mol. The molecule has 4 aliphatic rings. The van der Waals surface area contributed by atoms with Gasteiger partial charge in [0.1, 0.15) is 6.07 Å². The van der Waals surface area contributed by atoms with Crippen molar-refractivity contribution in [3.05, 3.63) is 23.3 Å². The van der Waals surface area contributed by atoms with Gasteiger partial charge in [0.25, 0.3) is 0 Å². The molecule has 0 N–H and O–H groups in total. The second-order valence-corrected chi connectivity index (χ2v) is 9.20. The van der Waals surface area contributed by atoms with E-state index in [2.05, 4.69) is 44.6 Å². The highest BCUT2D eigenvalue weighted by Gasteiger charge is 2.66. The Kier molecular flexibility index (Phi) is 4.17. The average molecular weight is 384 g/mol. The van der Waals surface area contributed by atoms with E-state index in [-0.39, 0.29) is 22.2 Å². The number of nitriles is 1. The Balaban J connectivity index is 1.84. The van der Waals surface area contributed by atoms with Gasteiger partial charge >= 0.3 is 0 Å². The van der Waals surface area contributed by atoms with Gasteiger partial charge in [0.2, 0.25) is 0 Å². The number of nitrogens with zero attached hydrogens (tertiary/aromatic N) is 1. The summed E-state index contributed by atoms with van der Waals surface area (Å²) in [6.07, 6.45) is 6.83. The molecule has 3 aliphatic carbocycles. The van der Waals surface area contributed by atoms with Crippen LogP contribution < -0.4 is 0 Å². The lowest BCUT2D eigenvalue weighted by Gasteiger charge is -2.63. The normalized spacial score (nSPS) is 38.6. The molecule has 27 heavy (non-hydrogen) atoms. The van der Waals surface area contributed by atoms with Crippen LogP contribution >= 0.6 is 12.6 Å². The Bertz CT molecular complexity index is 862. The number of carbonyl (C=O) groups excluding carboxylic acids is 1. The lowest BCUT2D eigenvalue weighted by Crippen LogP contribution is -2.61. The molecule has 2 saturated carbocycles. The Morgan fingerprint density at radius 1 is 1.19 bits per heavy atom. The van der Waals surface area contributed by atoms with Gasteiger partial charge in [-0.15, -0.1) is 0 Å². The van der Waals surface area contributed by atoms with Crippen LogP contribution in [0.2, 0.25) is 0 Å². The van der Waals surface area contributed by atoms with Crippen LogP contribution in [0.5, 0.6) is 0 Å². The minimum Gasteiger partial charge on any atom is -0.347 e. The fourth-order valence-electron chi connectivity index (χ4n) is 6.29. The number of ether oxygens (including phenoxy) is 2. The molecule has 0 bridgehead atoms. The minimum atomic E-state index is -0.579. The van der Waals surface area contributed by atoms with Gasteiger partial charge in [-0.25, -0.2) is 0 Å². The summed E-state index contributed by atoms with van der Waals surface area (Å²) < 4.78 is 12.3. The number of carbonyl (C=O) groups is 1. The van der Waals surface area contributed by atoms with Crippen molar-refractivity contribution in [1.29, 1.82) is 5.26 Å². The number of fused-ring (bicyclic) bond motifs is 3. The summed E-state index contributed by atoms with van der Waals surface area (Å²) in [6.45, 7) is 7.99. The van der Waals surface area contributed by atoms with E-state index < -0.39 is 11.2 Å². The summed E-state index contributed by atoms with van der Waals surface area (Å²) in [4.78, 5) is 12.6. The molecule has 0 aromatic carbocycles. The second-order valence-electron chi connectivity index (χ2n) is 8.98. The third-order valence-corrected chi connectivity index (χ3v) is 7.72. The average Bonchev–Trinajstić information content (AvgIpc) is 3.11. The van der Waals surface area contributed by atoms with E-state index in [0.29, 0.717) is 19.1 Å². The number of allylic oxidation sites excluding steroid dienone is 4. The SMILES string of the molecule is CC1(C)[C@@H]2CC[C@@]3(C#CS)C=C(C#N)C(=O)C=C3[C@@]2(C)CCC12OCCO2. The first kappa shape index (κ1) is 18.8. The third kappa shape index (κ3) is 2.35. The lowest BCUT2D eigenvalue weighted by atomic mass is 9.43. The van der Waals surface area contributed by atoms with Crippen molar-refractivity contribution in [1.82, 2.24) is 0 Å². The Hall–Kier alpha value is -1.53. The number of rotatable bonds is 0. The van der Waals surface area contributed by atoms with Crippen molar-refractivity contribution >= 4 is 18.4 Å². The van der Waals surface area contributed by atoms with E-state index in [0.717, 1.165) is 31.3 Å². The van der Waals surface area contributed by atoms with Gasteiger partial charge in [0, 0.05) is 11.8 Å². The fourth-order valence-corrected chi connectivity index (χ4v) is 6.49.